The van der Waals surface area contributed by atoms with Gasteiger partial charge in [0, 0.05) is 28.7 Å². The van der Waals surface area contributed by atoms with Crippen LogP contribution in [0.5, 0.6) is 0 Å². The summed E-state index contributed by atoms with van der Waals surface area (Å²) in [7, 11) is 0. The number of allylic oxidation sites excluding steroid dienone is 1. The Balaban J connectivity index is 1.82. The summed E-state index contributed by atoms with van der Waals surface area (Å²) in [6.45, 7) is 2.00. The molecular formula is C17H17N5O3S3. The Morgan fingerprint density at radius 2 is 2.36 bits per heavy atom. The van der Waals surface area contributed by atoms with Gasteiger partial charge in [-0.15, -0.1) is 23.5 Å². The first-order valence-corrected chi connectivity index (χ1v) is 10.8. The molecule has 3 rings (SSSR count). The number of rotatable bonds is 7. The number of nitrogens with one attached hydrogen (secondary N) is 2. The second kappa shape index (κ2) is 8.89. The Morgan fingerprint density at radius 1 is 1.57 bits per heavy atom. The summed E-state index contributed by atoms with van der Waals surface area (Å²) in [4.78, 5) is 38.5. The highest BCUT2D eigenvalue weighted by Crippen LogP contribution is 2.48. The minimum Gasteiger partial charge on any atom is -0.341 e. The molecule has 0 spiro atoms. The van der Waals surface area contributed by atoms with Crippen molar-refractivity contribution < 1.29 is 14.4 Å². The Labute approximate surface area is 175 Å². The SMILES string of the molecule is CCC1S[C@@H]2[C@H](NC(=O)CS/C=C\C#N)C(=O)N2C(C(=O)S)=C1c1cn[nH]c1. The van der Waals surface area contributed by atoms with E-state index in [0.29, 0.717) is 0 Å². The van der Waals surface area contributed by atoms with Crippen LogP contribution in [0.15, 0.2) is 29.6 Å². The largest absolute Gasteiger partial charge is 0.341 e. The monoisotopic (exact) mass is 435 g/mol. The third-order valence-corrected chi connectivity index (χ3v) is 6.95. The molecule has 2 aliphatic heterocycles. The Kier molecular flexibility index (Phi) is 6.53. The Bertz CT molecular complexity index is 890. The van der Waals surface area contributed by atoms with Gasteiger partial charge in [-0.1, -0.05) is 19.6 Å². The number of carbonyl (C=O) groups is 3. The van der Waals surface area contributed by atoms with Gasteiger partial charge in [0.05, 0.1) is 18.0 Å². The van der Waals surface area contributed by atoms with Crippen LogP contribution in [-0.4, -0.2) is 54.4 Å². The quantitative estimate of drug-likeness (QED) is 0.338. The second-order valence-corrected chi connectivity index (χ2v) is 8.60. The molecule has 1 aromatic rings. The highest BCUT2D eigenvalue weighted by Gasteiger charge is 2.55. The normalized spacial score (nSPS) is 24.0. The maximum atomic E-state index is 12.7. The van der Waals surface area contributed by atoms with Crippen molar-refractivity contribution in [3.05, 3.63) is 35.1 Å². The van der Waals surface area contributed by atoms with Crippen LogP contribution in [0.2, 0.25) is 0 Å². The number of nitrogens with zero attached hydrogens (tertiary/aromatic N) is 3. The zero-order chi connectivity index (χ0) is 20.3. The number of thioether (sulfide) groups is 2. The molecule has 1 unspecified atom stereocenters. The van der Waals surface area contributed by atoms with Crippen molar-refractivity contribution in [2.24, 2.45) is 0 Å². The number of H-pyrrole nitrogens is 1. The maximum Gasteiger partial charge on any atom is 0.253 e. The topological polar surface area (TPSA) is 119 Å². The minimum atomic E-state index is -0.694. The van der Waals surface area contributed by atoms with E-state index >= 15 is 0 Å². The molecule has 0 saturated carbocycles. The van der Waals surface area contributed by atoms with Crippen LogP contribution in [0.3, 0.4) is 0 Å². The van der Waals surface area contributed by atoms with Gasteiger partial charge in [0.25, 0.3) is 5.91 Å². The third-order valence-electron chi connectivity index (χ3n) is 4.32. The smallest absolute Gasteiger partial charge is 0.253 e. The van der Waals surface area contributed by atoms with Crippen LogP contribution in [-0.2, 0) is 14.4 Å². The van der Waals surface area contributed by atoms with E-state index in [1.165, 1.54) is 39.9 Å². The number of aromatic amines is 1. The Hall–Kier alpha value is -2.16. The summed E-state index contributed by atoms with van der Waals surface area (Å²) < 4.78 is 0. The van der Waals surface area contributed by atoms with Crippen LogP contribution in [0.4, 0.5) is 0 Å². The van der Waals surface area contributed by atoms with Gasteiger partial charge in [-0.2, -0.15) is 10.4 Å². The molecule has 1 fully saturated rings. The minimum absolute atomic E-state index is 0.0367. The average Bonchev–Trinajstić information content (AvgIpc) is 3.21. The van der Waals surface area contributed by atoms with Gasteiger partial charge in [-0.25, -0.2) is 0 Å². The van der Waals surface area contributed by atoms with Crippen LogP contribution < -0.4 is 5.32 Å². The molecule has 11 heteroatoms. The summed E-state index contributed by atoms with van der Waals surface area (Å²) in [5.74, 6) is -0.538. The van der Waals surface area contributed by atoms with Crippen LogP contribution in [0, 0.1) is 11.3 Å². The van der Waals surface area contributed by atoms with Crippen molar-refractivity contribution in [1.29, 1.82) is 5.26 Å². The van der Waals surface area contributed by atoms with Crippen molar-refractivity contribution in [2.45, 2.75) is 30.0 Å². The van der Waals surface area contributed by atoms with Crippen molar-refractivity contribution in [3.63, 3.8) is 0 Å². The van der Waals surface area contributed by atoms with Gasteiger partial charge in [0.2, 0.25) is 11.0 Å². The number of nitriles is 1. The molecule has 1 aromatic heterocycles. The van der Waals surface area contributed by atoms with Crippen molar-refractivity contribution in [1.82, 2.24) is 20.4 Å². The molecular weight excluding hydrogens is 418 g/mol. The lowest BCUT2D eigenvalue weighted by Crippen LogP contribution is -2.71. The number of hydrogen-bond acceptors (Lipinski definition) is 7. The van der Waals surface area contributed by atoms with Crippen LogP contribution >= 0.6 is 36.2 Å². The molecule has 0 bridgehead atoms. The number of fused-ring (bicyclic) bond motifs is 1. The molecule has 2 amide bonds. The van der Waals surface area contributed by atoms with E-state index < -0.39 is 11.2 Å². The molecule has 0 aromatic carbocycles. The fraction of sp³-hybridized carbons (Fsp3) is 0.353. The first kappa shape index (κ1) is 20.6. The molecule has 28 heavy (non-hydrogen) atoms. The van der Waals surface area contributed by atoms with E-state index in [-0.39, 0.29) is 33.9 Å². The molecule has 3 heterocycles. The predicted octanol–water partition coefficient (Wildman–Crippen LogP) is 1.53. The number of aromatic nitrogens is 2. The van der Waals surface area contributed by atoms with E-state index in [9.17, 15) is 14.4 Å². The van der Waals surface area contributed by atoms with Gasteiger partial charge in [0.1, 0.15) is 17.1 Å². The molecule has 3 atom stereocenters. The molecule has 146 valence electrons. The first-order chi connectivity index (χ1) is 13.5. The Morgan fingerprint density at radius 3 is 2.96 bits per heavy atom. The fourth-order valence-electron chi connectivity index (χ4n) is 3.15. The van der Waals surface area contributed by atoms with Crippen LogP contribution in [0.25, 0.3) is 5.57 Å². The lowest BCUT2D eigenvalue weighted by molar-refractivity contribution is -0.146. The molecule has 1 saturated heterocycles. The molecule has 0 radical (unpaired) electrons. The second-order valence-electron chi connectivity index (χ2n) is 5.97. The fourth-order valence-corrected chi connectivity index (χ4v) is 5.45. The molecule has 8 nitrogen and oxygen atoms in total. The maximum absolute atomic E-state index is 12.7. The summed E-state index contributed by atoms with van der Waals surface area (Å²) >= 11 is 6.70. The van der Waals surface area contributed by atoms with Gasteiger partial charge >= 0.3 is 0 Å². The summed E-state index contributed by atoms with van der Waals surface area (Å²) in [5, 5.41) is 18.5. The molecule has 2 aliphatic rings. The predicted molar refractivity (Wildman–Crippen MR) is 111 cm³/mol. The summed E-state index contributed by atoms with van der Waals surface area (Å²) in [6, 6.07) is 1.15. The van der Waals surface area contributed by atoms with E-state index in [1.807, 2.05) is 13.0 Å². The highest BCUT2D eigenvalue weighted by atomic mass is 32.2. The molecule has 0 aliphatic carbocycles. The van der Waals surface area contributed by atoms with E-state index in [1.54, 1.807) is 12.4 Å². The van der Waals surface area contributed by atoms with Gasteiger partial charge < -0.3 is 5.32 Å². The number of carbonyl (C=O) groups excluding carboxylic acids is 3. The van der Waals surface area contributed by atoms with Crippen molar-refractivity contribution in [2.75, 3.05) is 5.75 Å². The van der Waals surface area contributed by atoms with Gasteiger partial charge in [-0.05, 0) is 11.8 Å². The standard InChI is InChI=1S/C17H17N5O3S3/c1-2-10-12(9-6-19-20-7-9)14(17(25)26)22-15(24)13(16(22)28-10)21-11(23)8-27-5-3-4-18/h3,5-7,10,13,16H,2,8H2,1H3,(H,19,20)(H,21,23)(H,25,26)/b5-3-/t10?,13-,16-/m1/s1. The number of thiol groups is 1. The number of amides is 2. The average molecular weight is 436 g/mol. The zero-order valence-corrected chi connectivity index (χ0v) is 17.3. The first-order valence-electron chi connectivity index (χ1n) is 8.40. The lowest BCUT2D eigenvalue weighted by atomic mass is 9.96. The van der Waals surface area contributed by atoms with Gasteiger partial charge in [0.15, 0.2) is 0 Å². The summed E-state index contributed by atoms with van der Waals surface area (Å²) in [5.41, 5.74) is 1.73. The number of hydrogen-bond donors (Lipinski definition) is 3. The van der Waals surface area contributed by atoms with E-state index in [2.05, 4.69) is 28.1 Å². The molecule has 2 N–H and O–H groups in total. The van der Waals surface area contributed by atoms with E-state index in [4.69, 9.17) is 5.26 Å². The van der Waals surface area contributed by atoms with Crippen LogP contribution in [0.1, 0.15) is 18.9 Å². The van der Waals surface area contributed by atoms with Gasteiger partial charge in [-0.3, -0.25) is 24.4 Å². The summed E-state index contributed by atoms with van der Waals surface area (Å²) in [6.07, 6.45) is 5.32. The lowest BCUT2D eigenvalue weighted by Gasteiger charge is -2.51. The van der Waals surface area contributed by atoms with Crippen molar-refractivity contribution in [3.8, 4) is 6.07 Å². The third kappa shape index (κ3) is 3.85. The highest BCUT2D eigenvalue weighted by molar-refractivity contribution is 8.02. The number of β-lactam (4-membered cyclic amide) rings is 1. The zero-order valence-electron chi connectivity index (χ0n) is 14.8. The van der Waals surface area contributed by atoms with Crippen molar-refractivity contribution >= 4 is 58.7 Å². The van der Waals surface area contributed by atoms with E-state index in [0.717, 1.165) is 17.6 Å².